The second kappa shape index (κ2) is 17.2. The molecule has 0 amide bonds. The predicted octanol–water partition coefficient (Wildman–Crippen LogP) is 15.8. The summed E-state index contributed by atoms with van der Waals surface area (Å²) in [5, 5.41) is 1.56. The fraction of sp³-hybridized carbons (Fsp3) is 0. The zero-order valence-electron chi connectivity index (χ0n) is 38.4. The Labute approximate surface area is 417 Å². The van der Waals surface area contributed by atoms with E-state index in [1.165, 1.54) is 0 Å². The number of nitrogens with zero attached hydrogens (tertiary/aromatic N) is 3. The van der Waals surface area contributed by atoms with Crippen LogP contribution in [0.3, 0.4) is 0 Å². The van der Waals surface area contributed by atoms with Gasteiger partial charge < -0.3 is 13.6 Å². The normalized spacial score (nSPS) is 19.4. The number of anilines is 6. The minimum atomic E-state index is -3.75. The number of benzene rings is 10. The van der Waals surface area contributed by atoms with E-state index in [4.69, 9.17) is 13.6 Å². The summed E-state index contributed by atoms with van der Waals surface area (Å²) in [6, 6.07) is 81.1. The van der Waals surface area contributed by atoms with Crippen molar-refractivity contribution in [3.63, 3.8) is 0 Å². The predicted molar refractivity (Wildman–Crippen MR) is 291 cm³/mol. The molecule has 10 aromatic rings. The van der Waals surface area contributed by atoms with Crippen molar-refractivity contribution in [2.45, 2.75) is 0 Å². The van der Waals surface area contributed by atoms with Crippen molar-refractivity contribution >= 4 is 72.6 Å². The number of fused-ring (bicyclic) bond motifs is 3. The van der Waals surface area contributed by atoms with Crippen LogP contribution in [0.25, 0.3) is 33.4 Å². The van der Waals surface area contributed by atoms with Gasteiger partial charge in [0.1, 0.15) is 0 Å². The average Bonchev–Trinajstić information content (AvgIpc) is 4.06. The number of hydrogen-bond acceptors (Lipinski definition) is 6. The average molecular weight is 994 g/mol. The highest BCUT2D eigenvalue weighted by Gasteiger charge is 2.47. The molecule has 72 heavy (non-hydrogen) atoms. The summed E-state index contributed by atoms with van der Waals surface area (Å²) in [6.45, 7) is 0. The lowest BCUT2D eigenvalue weighted by molar-refractivity contribution is 0.504. The van der Waals surface area contributed by atoms with Gasteiger partial charge in [-0.3, -0.25) is 14.0 Å². The zero-order chi connectivity index (χ0) is 48.4. The molecule has 3 aliphatic rings. The molecule has 3 heterocycles. The number of rotatable bonds is 9. The van der Waals surface area contributed by atoms with Gasteiger partial charge in [0.05, 0.1) is 50.0 Å². The van der Waals surface area contributed by atoms with Gasteiger partial charge in [-0.05, 0) is 161 Å². The van der Waals surface area contributed by atoms with Crippen LogP contribution >= 0.6 is 22.6 Å². The Morgan fingerprint density at radius 1 is 0.250 bits per heavy atom. The van der Waals surface area contributed by atoms with Gasteiger partial charge in [0, 0.05) is 0 Å². The fourth-order valence-corrected chi connectivity index (χ4v) is 16.8. The lowest BCUT2D eigenvalue weighted by Crippen LogP contribution is -2.20. The highest BCUT2D eigenvalue weighted by molar-refractivity contribution is 7.70. The minimum absolute atomic E-state index is 0.519. The Morgan fingerprint density at radius 2 is 0.514 bits per heavy atom. The molecule has 0 spiro atoms. The number of para-hydroxylation sites is 9. The van der Waals surface area contributed by atoms with Gasteiger partial charge in [0.15, 0.2) is 17.2 Å². The maximum atomic E-state index is 15.6. The molecular formula is C60H42N3O6P3. The molecular weight excluding hydrogens is 952 g/mol. The van der Waals surface area contributed by atoms with Crippen molar-refractivity contribution in [2.24, 2.45) is 0 Å². The molecule has 0 fully saturated rings. The first-order valence-electron chi connectivity index (χ1n) is 23.5. The van der Waals surface area contributed by atoms with Gasteiger partial charge in [-0.1, -0.05) is 127 Å². The van der Waals surface area contributed by atoms with Crippen LogP contribution in [-0.2, 0) is 13.7 Å². The van der Waals surface area contributed by atoms with Crippen LogP contribution < -0.4 is 43.5 Å². The van der Waals surface area contributed by atoms with Crippen molar-refractivity contribution in [2.75, 3.05) is 14.0 Å². The lowest BCUT2D eigenvalue weighted by Gasteiger charge is -2.26. The first kappa shape index (κ1) is 43.7. The quantitative estimate of drug-likeness (QED) is 0.131. The van der Waals surface area contributed by atoms with E-state index < -0.39 is 22.6 Å². The SMILES string of the molecule is O=P1(c2cccc(-c3cc(-c4cccc(P5(=O)Oc6ccccc6N5c5ccccc5)c4)cc(-c4cccc(P5(=O)Oc6ccccc6N5c5ccccc5)c4)c3)c2)Oc2ccccc2N1c1ccccc1. The standard InChI is InChI=1S/C60H42N3O6P3/c64-70(61(49-22-4-1-5-23-49)55-31-10-13-34-58(55)67-70)52-28-16-19-43(40-52)46-37-47(44-20-17-29-53(41-44)71(65)62(50-24-6-2-7-25-50)56-32-11-14-35-59(56)68-71)39-48(38-46)45-21-18-30-54(42-45)72(66)63(51-26-8-3-9-27-51)57-33-12-15-36-60(57)69-72/h1-42H. The summed E-state index contributed by atoms with van der Waals surface area (Å²) in [7, 11) is -11.3. The van der Waals surface area contributed by atoms with E-state index in [1.807, 2.05) is 251 Å². The van der Waals surface area contributed by atoms with Crippen molar-refractivity contribution in [3.05, 3.63) is 255 Å². The molecule has 3 aliphatic heterocycles. The van der Waals surface area contributed by atoms with Gasteiger partial charge in [0.25, 0.3) is 0 Å². The van der Waals surface area contributed by atoms with Crippen LogP contribution in [0.5, 0.6) is 17.2 Å². The molecule has 3 atom stereocenters. The molecule has 9 nitrogen and oxygen atoms in total. The van der Waals surface area contributed by atoms with Crippen molar-refractivity contribution in [1.82, 2.24) is 0 Å². The van der Waals surface area contributed by atoms with Crippen LogP contribution in [0.2, 0.25) is 0 Å². The first-order chi connectivity index (χ1) is 35.3. The Bertz CT molecular complexity index is 3480. The van der Waals surface area contributed by atoms with E-state index in [2.05, 4.69) is 18.2 Å². The maximum Gasteiger partial charge on any atom is 0.378 e. The molecule has 10 aromatic carbocycles. The zero-order valence-corrected chi connectivity index (χ0v) is 41.1. The van der Waals surface area contributed by atoms with Crippen LogP contribution in [-0.4, -0.2) is 0 Å². The van der Waals surface area contributed by atoms with Crippen molar-refractivity contribution in [3.8, 4) is 50.6 Å². The van der Waals surface area contributed by atoms with E-state index in [0.29, 0.717) is 33.2 Å². The molecule has 0 N–H and O–H groups in total. The van der Waals surface area contributed by atoms with E-state index in [1.54, 1.807) is 0 Å². The second-order valence-electron chi connectivity index (χ2n) is 17.6. The fourth-order valence-electron chi connectivity index (χ4n) is 9.87. The largest absolute Gasteiger partial charge is 0.423 e. The summed E-state index contributed by atoms with van der Waals surface area (Å²) < 4.78 is 71.7. The van der Waals surface area contributed by atoms with Gasteiger partial charge in [0.2, 0.25) is 0 Å². The van der Waals surface area contributed by atoms with Crippen molar-refractivity contribution in [1.29, 1.82) is 0 Å². The molecule has 0 radical (unpaired) electrons. The molecule has 0 saturated heterocycles. The Kier molecular flexibility index (Phi) is 10.5. The first-order valence-corrected chi connectivity index (χ1v) is 28.2. The number of hydrogen-bond donors (Lipinski definition) is 0. The second-order valence-corrected chi connectivity index (χ2v) is 24.0. The summed E-state index contributed by atoms with van der Waals surface area (Å²) in [4.78, 5) is 0. The molecule has 13 rings (SSSR count). The van der Waals surface area contributed by atoms with Gasteiger partial charge in [-0.15, -0.1) is 0 Å². The molecule has 12 heteroatoms. The summed E-state index contributed by atoms with van der Waals surface area (Å²) in [5.41, 5.74) is 9.24. The third kappa shape index (κ3) is 7.20. The minimum Gasteiger partial charge on any atom is -0.423 e. The van der Waals surface area contributed by atoms with Gasteiger partial charge in [-0.25, -0.2) is 13.7 Å². The molecule has 0 aliphatic carbocycles. The van der Waals surface area contributed by atoms with Crippen LogP contribution in [0.4, 0.5) is 34.1 Å². The summed E-state index contributed by atoms with van der Waals surface area (Å²) in [5.74, 6) is 1.62. The van der Waals surface area contributed by atoms with E-state index in [-0.39, 0.29) is 0 Å². The van der Waals surface area contributed by atoms with E-state index in [0.717, 1.165) is 67.5 Å². The molecule has 0 bridgehead atoms. The highest BCUT2D eigenvalue weighted by Crippen LogP contribution is 2.67. The van der Waals surface area contributed by atoms with Crippen molar-refractivity contribution < 1.29 is 27.3 Å². The molecule has 0 aromatic heterocycles. The monoisotopic (exact) mass is 993 g/mol. The third-order valence-corrected chi connectivity index (χ3v) is 20.2. The summed E-state index contributed by atoms with van der Waals surface area (Å²) >= 11 is 0. The third-order valence-electron chi connectivity index (χ3n) is 13.2. The van der Waals surface area contributed by atoms with Gasteiger partial charge in [-0.2, -0.15) is 0 Å². The van der Waals surface area contributed by atoms with Crippen LogP contribution in [0, 0.1) is 0 Å². The van der Waals surface area contributed by atoms with E-state index in [9.17, 15) is 0 Å². The van der Waals surface area contributed by atoms with Gasteiger partial charge >= 0.3 is 22.6 Å². The Hall–Kier alpha value is -8.31. The smallest absolute Gasteiger partial charge is 0.378 e. The highest BCUT2D eigenvalue weighted by atomic mass is 31.2. The Morgan fingerprint density at radius 3 is 0.806 bits per heavy atom. The molecule has 348 valence electrons. The van der Waals surface area contributed by atoms with Crippen LogP contribution in [0.1, 0.15) is 0 Å². The summed E-state index contributed by atoms with van der Waals surface area (Å²) in [6.07, 6.45) is 0. The topological polar surface area (TPSA) is 88.6 Å². The van der Waals surface area contributed by atoms with Crippen LogP contribution in [0.15, 0.2) is 255 Å². The molecule has 3 unspecified atom stereocenters. The van der Waals surface area contributed by atoms with E-state index >= 15 is 13.7 Å². The lowest BCUT2D eigenvalue weighted by atomic mass is 9.93. The Balaban J connectivity index is 0.963. The maximum absolute atomic E-state index is 15.6. The molecule has 0 saturated carbocycles.